The number of methoxy groups -OCH3 is 1. The van der Waals surface area contributed by atoms with Gasteiger partial charge < -0.3 is 19.5 Å². The van der Waals surface area contributed by atoms with Crippen LogP contribution in [0.3, 0.4) is 0 Å². The van der Waals surface area contributed by atoms with Crippen LogP contribution in [0.1, 0.15) is 43.5 Å². The summed E-state index contributed by atoms with van der Waals surface area (Å²) in [6, 6.07) is 5.58. The van der Waals surface area contributed by atoms with E-state index < -0.39 is 23.6 Å². The zero-order valence-electron chi connectivity index (χ0n) is 17.1. The van der Waals surface area contributed by atoms with E-state index in [1.807, 2.05) is 13.8 Å². The minimum Gasteiger partial charge on any atom is -0.497 e. The molecule has 29 heavy (non-hydrogen) atoms. The minimum absolute atomic E-state index is 0.0645. The highest BCUT2D eigenvalue weighted by Gasteiger charge is 2.54. The Bertz CT molecular complexity index is 785. The van der Waals surface area contributed by atoms with Crippen LogP contribution in [0.2, 0.25) is 0 Å². The van der Waals surface area contributed by atoms with E-state index in [2.05, 4.69) is 0 Å². The molecule has 8 heteroatoms. The second kappa shape index (κ2) is 8.41. The Morgan fingerprint density at radius 1 is 1.28 bits per heavy atom. The van der Waals surface area contributed by atoms with Crippen molar-refractivity contribution in [3.8, 4) is 5.75 Å². The van der Waals surface area contributed by atoms with Gasteiger partial charge in [0.15, 0.2) is 6.04 Å². The molecule has 2 fully saturated rings. The van der Waals surface area contributed by atoms with E-state index in [9.17, 15) is 19.5 Å². The standard InChI is InChI=1S/C21H28N2O6/c1-14(2)11-18(24)22-9-7-21(8-10-22)23(17(13-29-21)20(26)27)19(25)15-5-4-6-16(12-15)28-3/h4-6,12,14,17H,7-11,13H2,1-3H3,(H,26,27)/t17-/m0/s1. The zero-order valence-corrected chi connectivity index (χ0v) is 17.1. The normalized spacial score (nSPS) is 20.9. The fraction of sp³-hybridized carbons (Fsp3) is 0.571. The van der Waals surface area contributed by atoms with Gasteiger partial charge in [-0.05, 0) is 24.1 Å². The van der Waals surface area contributed by atoms with Gasteiger partial charge in [0, 0.05) is 37.9 Å². The lowest BCUT2D eigenvalue weighted by Crippen LogP contribution is -2.58. The highest BCUT2D eigenvalue weighted by molar-refractivity contribution is 5.97. The van der Waals surface area contributed by atoms with Gasteiger partial charge in [0.25, 0.3) is 5.91 Å². The summed E-state index contributed by atoms with van der Waals surface area (Å²) >= 11 is 0. The number of nitrogens with zero attached hydrogens (tertiary/aromatic N) is 2. The first kappa shape index (κ1) is 21.1. The zero-order chi connectivity index (χ0) is 21.2. The number of aliphatic carboxylic acids is 1. The predicted molar refractivity (Wildman–Crippen MR) is 105 cm³/mol. The van der Waals surface area contributed by atoms with Crippen molar-refractivity contribution >= 4 is 17.8 Å². The quantitative estimate of drug-likeness (QED) is 0.806. The maximum absolute atomic E-state index is 13.3. The van der Waals surface area contributed by atoms with E-state index in [-0.39, 0.29) is 18.4 Å². The maximum Gasteiger partial charge on any atom is 0.328 e. The highest BCUT2D eigenvalue weighted by atomic mass is 16.5. The van der Waals surface area contributed by atoms with Crippen LogP contribution in [-0.2, 0) is 14.3 Å². The molecule has 2 heterocycles. The number of ether oxygens (including phenoxy) is 2. The van der Waals surface area contributed by atoms with E-state index in [0.717, 1.165) is 0 Å². The third-order valence-electron chi connectivity index (χ3n) is 5.56. The van der Waals surface area contributed by atoms with Crippen LogP contribution in [0, 0.1) is 5.92 Å². The fourth-order valence-corrected chi connectivity index (χ4v) is 4.03. The van der Waals surface area contributed by atoms with Crippen molar-refractivity contribution < 1.29 is 29.0 Å². The smallest absolute Gasteiger partial charge is 0.328 e. The van der Waals surface area contributed by atoms with Crippen LogP contribution in [0.15, 0.2) is 24.3 Å². The minimum atomic E-state index is -1.10. The summed E-state index contributed by atoms with van der Waals surface area (Å²) in [5.41, 5.74) is -0.670. The topological polar surface area (TPSA) is 96.4 Å². The summed E-state index contributed by atoms with van der Waals surface area (Å²) < 4.78 is 11.1. The first-order valence-corrected chi connectivity index (χ1v) is 9.89. The predicted octanol–water partition coefficient (Wildman–Crippen LogP) is 1.99. The van der Waals surface area contributed by atoms with Crippen molar-refractivity contribution in [1.29, 1.82) is 0 Å². The molecule has 0 radical (unpaired) electrons. The Labute approximate surface area is 170 Å². The molecule has 1 aromatic rings. The number of hydrogen-bond acceptors (Lipinski definition) is 5. The number of hydrogen-bond donors (Lipinski definition) is 1. The molecule has 2 aliphatic rings. The molecule has 2 saturated heterocycles. The number of benzene rings is 1. The molecule has 3 rings (SSSR count). The number of carboxylic acids is 1. The molecule has 0 aromatic heterocycles. The summed E-state index contributed by atoms with van der Waals surface area (Å²) in [5, 5.41) is 9.67. The van der Waals surface area contributed by atoms with Gasteiger partial charge in [-0.15, -0.1) is 0 Å². The van der Waals surface area contributed by atoms with Crippen LogP contribution in [-0.4, -0.2) is 71.3 Å². The molecule has 0 aliphatic carbocycles. The molecule has 1 atom stereocenters. The lowest BCUT2D eigenvalue weighted by Gasteiger charge is -2.44. The molecule has 1 N–H and O–H groups in total. The molecule has 0 saturated carbocycles. The van der Waals surface area contributed by atoms with E-state index in [0.29, 0.717) is 43.7 Å². The number of amides is 2. The number of likely N-dealkylation sites (tertiary alicyclic amines) is 1. The Kier molecular flexibility index (Phi) is 6.12. The number of carbonyl (C=O) groups excluding carboxylic acids is 2. The first-order chi connectivity index (χ1) is 13.8. The molecule has 2 amide bonds. The summed E-state index contributed by atoms with van der Waals surface area (Å²) in [4.78, 5) is 40.7. The van der Waals surface area contributed by atoms with Crippen molar-refractivity contribution in [1.82, 2.24) is 9.80 Å². The second-order valence-electron chi connectivity index (χ2n) is 8.00. The molecule has 8 nitrogen and oxygen atoms in total. The van der Waals surface area contributed by atoms with Crippen LogP contribution < -0.4 is 4.74 Å². The third kappa shape index (κ3) is 4.22. The Balaban J connectivity index is 1.83. The van der Waals surface area contributed by atoms with Crippen LogP contribution in [0.5, 0.6) is 5.75 Å². The lowest BCUT2D eigenvalue weighted by molar-refractivity contribution is -0.148. The van der Waals surface area contributed by atoms with Crippen LogP contribution >= 0.6 is 0 Å². The van der Waals surface area contributed by atoms with E-state index in [1.165, 1.54) is 12.0 Å². The molecule has 1 aromatic carbocycles. The average molecular weight is 404 g/mol. The van der Waals surface area contributed by atoms with Gasteiger partial charge in [0.1, 0.15) is 11.5 Å². The van der Waals surface area contributed by atoms with Crippen molar-refractivity contribution in [2.24, 2.45) is 5.92 Å². The van der Waals surface area contributed by atoms with Crippen molar-refractivity contribution in [3.63, 3.8) is 0 Å². The van der Waals surface area contributed by atoms with E-state index in [4.69, 9.17) is 9.47 Å². The SMILES string of the molecule is COc1cccc(C(=O)N2[C@H](C(=O)O)COC23CCN(C(=O)CC(C)C)CC3)c1. The number of rotatable bonds is 5. The number of carbonyl (C=O) groups is 3. The van der Waals surface area contributed by atoms with Gasteiger partial charge in [-0.1, -0.05) is 19.9 Å². The average Bonchev–Trinajstić information content (AvgIpc) is 3.06. The van der Waals surface area contributed by atoms with Gasteiger partial charge in [-0.25, -0.2) is 4.79 Å². The Hall–Kier alpha value is -2.61. The van der Waals surface area contributed by atoms with Crippen molar-refractivity contribution in [2.45, 2.75) is 44.9 Å². The number of carboxylic acid groups (broad SMARTS) is 1. The van der Waals surface area contributed by atoms with Crippen molar-refractivity contribution in [3.05, 3.63) is 29.8 Å². The fourth-order valence-electron chi connectivity index (χ4n) is 4.03. The highest BCUT2D eigenvalue weighted by Crippen LogP contribution is 2.39. The van der Waals surface area contributed by atoms with Gasteiger partial charge >= 0.3 is 5.97 Å². The van der Waals surface area contributed by atoms with Gasteiger partial charge in [-0.2, -0.15) is 0 Å². The molecular weight excluding hydrogens is 376 g/mol. The second-order valence-corrected chi connectivity index (χ2v) is 8.00. The Morgan fingerprint density at radius 3 is 2.55 bits per heavy atom. The summed E-state index contributed by atoms with van der Waals surface area (Å²) in [6.45, 7) is 4.79. The van der Waals surface area contributed by atoms with Crippen LogP contribution in [0.4, 0.5) is 0 Å². The summed E-state index contributed by atoms with van der Waals surface area (Å²) in [7, 11) is 1.51. The summed E-state index contributed by atoms with van der Waals surface area (Å²) in [5.74, 6) is -0.643. The largest absolute Gasteiger partial charge is 0.497 e. The van der Waals surface area contributed by atoms with Gasteiger partial charge in [-0.3, -0.25) is 14.5 Å². The molecule has 0 bridgehead atoms. The van der Waals surface area contributed by atoms with Gasteiger partial charge in [0.2, 0.25) is 5.91 Å². The lowest BCUT2D eigenvalue weighted by atomic mass is 9.96. The van der Waals surface area contributed by atoms with Crippen LogP contribution in [0.25, 0.3) is 0 Å². The maximum atomic E-state index is 13.3. The van der Waals surface area contributed by atoms with E-state index >= 15 is 0 Å². The van der Waals surface area contributed by atoms with E-state index in [1.54, 1.807) is 29.2 Å². The molecule has 2 aliphatic heterocycles. The monoisotopic (exact) mass is 404 g/mol. The molecule has 158 valence electrons. The molecular formula is C21H28N2O6. The number of piperidine rings is 1. The molecule has 1 spiro atoms. The van der Waals surface area contributed by atoms with Gasteiger partial charge in [0.05, 0.1) is 13.7 Å². The first-order valence-electron chi connectivity index (χ1n) is 9.89. The molecule has 0 unspecified atom stereocenters. The summed E-state index contributed by atoms with van der Waals surface area (Å²) in [6.07, 6.45) is 1.24. The third-order valence-corrected chi connectivity index (χ3v) is 5.56. The van der Waals surface area contributed by atoms with Crippen molar-refractivity contribution in [2.75, 3.05) is 26.8 Å². The Morgan fingerprint density at radius 2 is 1.97 bits per heavy atom.